The fourth-order valence-electron chi connectivity index (χ4n) is 0.836. The molecular formula is C8H13Cl3O2Si. The monoisotopic (exact) mass is 274 g/mol. The fourth-order valence-corrected chi connectivity index (χ4v) is 2.69. The molecular weight excluding hydrogens is 263 g/mol. The van der Waals surface area contributed by atoms with Crippen LogP contribution in [0.15, 0.2) is 12.7 Å². The Kier molecular flexibility index (Phi) is 7.73. The Morgan fingerprint density at radius 1 is 1.29 bits per heavy atom. The van der Waals surface area contributed by atoms with Gasteiger partial charge in [0, 0.05) is 6.08 Å². The lowest BCUT2D eigenvalue weighted by Gasteiger charge is -2.06. The summed E-state index contributed by atoms with van der Waals surface area (Å²) in [6.45, 7) is 3.70. The summed E-state index contributed by atoms with van der Waals surface area (Å²) < 4.78 is 4.78. The topological polar surface area (TPSA) is 26.3 Å². The van der Waals surface area contributed by atoms with E-state index in [1.54, 1.807) is 0 Å². The molecule has 0 bridgehead atoms. The minimum absolute atomic E-state index is 0.388. The van der Waals surface area contributed by atoms with Gasteiger partial charge in [0.2, 0.25) is 0 Å². The first kappa shape index (κ1) is 14.3. The number of esters is 1. The second kappa shape index (κ2) is 7.57. The van der Waals surface area contributed by atoms with Gasteiger partial charge in [-0.3, -0.25) is 0 Å². The van der Waals surface area contributed by atoms with Gasteiger partial charge in [-0.15, -0.1) is 33.2 Å². The molecule has 0 saturated carbocycles. The zero-order chi connectivity index (χ0) is 11.0. The first-order valence-corrected chi connectivity index (χ1v) is 9.56. The van der Waals surface area contributed by atoms with Crippen molar-refractivity contribution < 1.29 is 9.53 Å². The Balaban J connectivity index is 3.22. The van der Waals surface area contributed by atoms with Crippen LogP contribution in [-0.2, 0) is 9.53 Å². The number of hydrogen-bond donors (Lipinski definition) is 0. The largest absolute Gasteiger partial charge is 0.463 e. The highest BCUT2D eigenvalue weighted by Gasteiger charge is 2.23. The molecule has 0 radical (unpaired) electrons. The molecule has 0 aliphatic heterocycles. The molecule has 0 aromatic heterocycles. The van der Waals surface area contributed by atoms with Gasteiger partial charge in [0.05, 0.1) is 6.61 Å². The summed E-state index contributed by atoms with van der Waals surface area (Å²) in [5.41, 5.74) is 0. The van der Waals surface area contributed by atoms with Crippen LogP contribution in [0.1, 0.15) is 19.3 Å². The van der Waals surface area contributed by atoms with Crippen LogP contribution >= 0.6 is 33.2 Å². The quantitative estimate of drug-likeness (QED) is 0.234. The van der Waals surface area contributed by atoms with Crippen LogP contribution in [-0.4, -0.2) is 18.6 Å². The lowest BCUT2D eigenvalue weighted by atomic mass is 10.3. The normalized spacial score (nSPS) is 11.1. The number of carbonyl (C=O) groups is 1. The van der Waals surface area contributed by atoms with Crippen LogP contribution in [0.25, 0.3) is 0 Å². The predicted molar refractivity (Wildman–Crippen MR) is 63.1 cm³/mol. The maximum absolute atomic E-state index is 10.6. The maximum atomic E-state index is 10.6. The van der Waals surface area contributed by atoms with Gasteiger partial charge in [-0.05, 0) is 12.5 Å². The van der Waals surface area contributed by atoms with Crippen LogP contribution in [0, 0.1) is 0 Å². The third-order valence-corrected chi connectivity index (χ3v) is 4.14. The van der Waals surface area contributed by atoms with Gasteiger partial charge < -0.3 is 4.74 Å². The van der Waals surface area contributed by atoms with Crippen molar-refractivity contribution in [3.8, 4) is 0 Å². The SMILES string of the molecule is C=CC(=O)OCCCCC[Si](Cl)(Cl)Cl. The van der Waals surface area contributed by atoms with Crippen LogP contribution < -0.4 is 0 Å². The summed E-state index contributed by atoms with van der Waals surface area (Å²) in [4.78, 5) is 10.6. The van der Waals surface area contributed by atoms with Gasteiger partial charge in [-0.2, -0.15) is 0 Å². The van der Waals surface area contributed by atoms with E-state index in [9.17, 15) is 4.79 Å². The molecule has 0 heterocycles. The van der Waals surface area contributed by atoms with E-state index in [1.807, 2.05) is 0 Å². The summed E-state index contributed by atoms with van der Waals surface area (Å²) >= 11 is 17.1. The van der Waals surface area contributed by atoms with E-state index in [2.05, 4.69) is 6.58 Å². The Morgan fingerprint density at radius 3 is 2.43 bits per heavy atom. The molecule has 14 heavy (non-hydrogen) atoms. The van der Waals surface area contributed by atoms with Crippen LogP contribution in [0.3, 0.4) is 0 Å². The van der Waals surface area contributed by atoms with E-state index in [-0.39, 0.29) is 5.97 Å². The molecule has 2 nitrogen and oxygen atoms in total. The lowest BCUT2D eigenvalue weighted by Crippen LogP contribution is -2.08. The minimum atomic E-state index is -2.45. The van der Waals surface area contributed by atoms with Gasteiger partial charge in [0.1, 0.15) is 0 Å². The van der Waals surface area contributed by atoms with Gasteiger partial charge in [-0.1, -0.05) is 19.4 Å². The Hall–Kier alpha value is 0.297. The molecule has 0 spiro atoms. The highest BCUT2D eigenvalue weighted by molar-refractivity contribution is 7.64. The van der Waals surface area contributed by atoms with E-state index in [0.29, 0.717) is 12.7 Å². The van der Waals surface area contributed by atoms with E-state index >= 15 is 0 Å². The van der Waals surface area contributed by atoms with Crippen molar-refractivity contribution in [2.75, 3.05) is 6.61 Å². The van der Waals surface area contributed by atoms with Crippen molar-refractivity contribution in [2.45, 2.75) is 25.3 Å². The maximum Gasteiger partial charge on any atom is 0.341 e. The van der Waals surface area contributed by atoms with Crippen molar-refractivity contribution in [2.24, 2.45) is 0 Å². The average molecular weight is 276 g/mol. The molecule has 0 rings (SSSR count). The number of unbranched alkanes of at least 4 members (excludes halogenated alkanes) is 2. The number of ether oxygens (including phenoxy) is 1. The second-order valence-electron chi connectivity index (χ2n) is 2.80. The standard InChI is InChI=1S/C8H13Cl3O2Si/c1-2-8(12)13-6-4-3-5-7-14(9,10)11/h2H,1,3-7H2. The Labute approximate surface area is 99.3 Å². The van der Waals surface area contributed by atoms with Gasteiger partial charge >= 0.3 is 12.0 Å². The minimum Gasteiger partial charge on any atom is -0.463 e. The molecule has 0 aliphatic rings. The Bertz CT molecular complexity index is 192. The molecule has 0 fully saturated rings. The zero-order valence-electron chi connectivity index (χ0n) is 7.77. The third-order valence-electron chi connectivity index (χ3n) is 1.52. The van der Waals surface area contributed by atoms with E-state index in [4.69, 9.17) is 38.0 Å². The van der Waals surface area contributed by atoms with Crippen LogP contribution in [0.5, 0.6) is 0 Å². The smallest absolute Gasteiger partial charge is 0.341 e. The second-order valence-corrected chi connectivity index (χ2v) is 12.1. The predicted octanol–water partition coefficient (Wildman–Crippen LogP) is 3.54. The third kappa shape index (κ3) is 10.4. The summed E-state index contributed by atoms with van der Waals surface area (Å²) in [6, 6.07) is -1.79. The first-order valence-electron chi connectivity index (χ1n) is 4.31. The number of rotatable bonds is 7. The Morgan fingerprint density at radius 2 is 1.93 bits per heavy atom. The summed E-state index contributed by atoms with van der Waals surface area (Å²) in [6.07, 6.45) is 3.72. The van der Waals surface area contributed by atoms with E-state index < -0.39 is 6.00 Å². The highest BCUT2D eigenvalue weighted by atomic mass is 35.8. The van der Waals surface area contributed by atoms with Crippen LogP contribution in [0.4, 0.5) is 0 Å². The number of hydrogen-bond acceptors (Lipinski definition) is 2. The zero-order valence-corrected chi connectivity index (χ0v) is 11.0. The molecule has 0 aromatic rings. The molecule has 0 aliphatic carbocycles. The van der Waals surface area contributed by atoms with E-state index in [1.165, 1.54) is 0 Å². The summed E-state index contributed by atoms with van der Waals surface area (Å²) in [5, 5.41) is 0. The van der Waals surface area contributed by atoms with Crippen molar-refractivity contribution in [1.82, 2.24) is 0 Å². The first-order chi connectivity index (χ1) is 6.45. The average Bonchev–Trinajstić information content (AvgIpc) is 2.08. The fraction of sp³-hybridized carbons (Fsp3) is 0.625. The number of halogens is 3. The molecule has 6 heteroatoms. The van der Waals surface area contributed by atoms with Gasteiger partial charge in [0.15, 0.2) is 0 Å². The molecule has 82 valence electrons. The van der Waals surface area contributed by atoms with Crippen molar-refractivity contribution in [3.05, 3.63) is 12.7 Å². The van der Waals surface area contributed by atoms with Crippen molar-refractivity contribution >= 4 is 45.2 Å². The molecule has 0 atom stereocenters. The molecule has 0 saturated heterocycles. The lowest BCUT2D eigenvalue weighted by molar-refractivity contribution is -0.137. The van der Waals surface area contributed by atoms with Crippen molar-refractivity contribution in [3.63, 3.8) is 0 Å². The molecule has 0 aromatic carbocycles. The van der Waals surface area contributed by atoms with Crippen molar-refractivity contribution in [1.29, 1.82) is 0 Å². The van der Waals surface area contributed by atoms with Gasteiger partial charge in [-0.25, -0.2) is 4.79 Å². The van der Waals surface area contributed by atoms with Gasteiger partial charge in [0.25, 0.3) is 0 Å². The summed E-state index contributed by atoms with van der Waals surface area (Å²) in [5.74, 6) is -0.388. The molecule has 0 N–H and O–H groups in total. The molecule has 0 unspecified atom stereocenters. The van der Waals surface area contributed by atoms with E-state index in [0.717, 1.165) is 25.3 Å². The molecule has 0 amide bonds. The summed E-state index contributed by atoms with van der Waals surface area (Å²) in [7, 11) is 0. The highest BCUT2D eigenvalue weighted by Crippen LogP contribution is 2.27. The van der Waals surface area contributed by atoms with Crippen LogP contribution in [0.2, 0.25) is 6.04 Å². The number of carbonyl (C=O) groups excluding carboxylic acids is 1.